The SMILES string of the molecule is CCOc1cc(/C=N/NC(=O)CC(=O)Nc2ccccc2OC)cc(Cl)c1O. The molecule has 0 atom stereocenters. The molecule has 0 aliphatic rings. The predicted octanol–water partition coefficient (Wildman–Crippen LogP) is 2.93. The lowest BCUT2D eigenvalue weighted by atomic mass is 10.2. The van der Waals surface area contributed by atoms with Crippen LogP contribution in [-0.2, 0) is 9.59 Å². The van der Waals surface area contributed by atoms with E-state index >= 15 is 0 Å². The third-order valence-electron chi connectivity index (χ3n) is 3.46. The molecule has 0 radical (unpaired) electrons. The number of para-hydroxylation sites is 2. The van der Waals surface area contributed by atoms with Gasteiger partial charge < -0.3 is 19.9 Å². The van der Waals surface area contributed by atoms with Gasteiger partial charge in [-0.3, -0.25) is 9.59 Å². The molecule has 148 valence electrons. The summed E-state index contributed by atoms with van der Waals surface area (Å²) in [5.74, 6) is -0.581. The third-order valence-corrected chi connectivity index (χ3v) is 3.74. The predicted molar refractivity (Wildman–Crippen MR) is 106 cm³/mol. The number of anilines is 1. The van der Waals surface area contributed by atoms with Gasteiger partial charge >= 0.3 is 0 Å². The van der Waals surface area contributed by atoms with Gasteiger partial charge in [-0.1, -0.05) is 23.7 Å². The van der Waals surface area contributed by atoms with Gasteiger partial charge in [0, 0.05) is 0 Å². The molecular formula is C19H20ClN3O5. The molecule has 0 aliphatic carbocycles. The van der Waals surface area contributed by atoms with E-state index in [4.69, 9.17) is 21.1 Å². The Kier molecular flexibility index (Phi) is 7.65. The molecule has 2 aromatic rings. The molecule has 0 saturated carbocycles. The van der Waals surface area contributed by atoms with Crippen LogP contribution >= 0.6 is 11.6 Å². The van der Waals surface area contributed by atoms with Gasteiger partial charge in [0.25, 0.3) is 0 Å². The summed E-state index contributed by atoms with van der Waals surface area (Å²) in [6, 6.07) is 9.85. The number of hydrogen-bond acceptors (Lipinski definition) is 6. The van der Waals surface area contributed by atoms with Crippen molar-refractivity contribution in [2.45, 2.75) is 13.3 Å². The van der Waals surface area contributed by atoms with Crippen LogP contribution in [0.4, 0.5) is 5.69 Å². The van der Waals surface area contributed by atoms with Crippen LogP contribution in [0.1, 0.15) is 18.9 Å². The molecule has 2 aromatic carbocycles. The summed E-state index contributed by atoms with van der Waals surface area (Å²) in [4.78, 5) is 23.9. The minimum absolute atomic E-state index is 0.0925. The van der Waals surface area contributed by atoms with E-state index in [1.165, 1.54) is 25.5 Å². The Morgan fingerprint density at radius 2 is 1.96 bits per heavy atom. The minimum atomic E-state index is -0.599. The molecule has 0 spiro atoms. The van der Waals surface area contributed by atoms with Crippen LogP contribution in [0.5, 0.6) is 17.2 Å². The Labute approximate surface area is 167 Å². The normalized spacial score (nSPS) is 10.5. The monoisotopic (exact) mass is 405 g/mol. The number of amides is 2. The van der Waals surface area contributed by atoms with Crippen molar-refractivity contribution in [3.63, 3.8) is 0 Å². The summed E-state index contributed by atoms with van der Waals surface area (Å²) in [5, 5.41) is 16.3. The molecule has 0 bridgehead atoms. The molecular weight excluding hydrogens is 386 g/mol. The molecule has 0 saturated heterocycles. The molecule has 0 aliphatic heterocycles. The van der Waals surface area contributed by atoms with Crippen LogP contribution in [0.3, 0.4) is 0 Å². The number of benzene rings is 2. The molecule has 0 heterocycles. The lowest BCUT2D eigenvalue weighted by Crippen LogP contribution is -2.24. The van der Waals surface area contributed by atoms with Gasteiger partial charge in [0.1, 0.15) is 12.2 Å². The molecule has 2 rings (SSSR count). The maximum absolute atomic E-state index is 12.0. The van der Waals surface area contributed by atoms with Crippen LogP contribution in [-0.4, -0.2) is 36.9 Å². The first kappa shape index (κ1) is 21.0. The number of halogens is 1. The van der Waals surface area contributed by atoms with Crippen LogP contribution in [0.15, 0.2) is 41.5 Å². The summed E-state index contributed by atoms with van der Waals surface area (Å²) >= 11 is 5.92. The fraction of sp³-hybridized carbons (Fsp3) is 0.211. The van der Waals surface area contributed by atoms with Gasteiger partial charge in [-0.25, -0.2) is 5.43 Å². The molecule has 9 heteroatoms. The van der Waals surface area contributed by atoms with Gasteiger partial charge in [-0.15, -0.1) is 0 Å². The molecule has 28 heavy (non-hydrogen) atoms. The number of nitrogens with zero attached hydrogens (tertiary/aromatic N) is 1. The number of methoxy groups -OCH3 is 1. The summed E-state index contributed by atoms with van der Waals surface area (Å²) in [5.41, 5.74) is 3.22. The van der Waals surface area contributed by atoms with E-state index in [1.807, 2.05) is 0 Å². The van der Waals surface area contributed by atoms with Gasteiger partial charge in [0.15, 0.2) is 11.5 Å². The number of phenolic OH excluding ortho intramolecular Hbond substituents is 1. The van der Waals surface area contributed by atoms with Crippen molar-refractivity contribution < 1.29 is 24.2 Å². The van der Waals surface area contributed by atoms with Crippen molar-refractivity contribution in [3.05, 3.63) is 47.0 Å². The van der Waals surface area contributed by atoms with Gasteiger partial charge in [-0.2, -0.15) is 5.10 Å². The Morgan fingerprint density at radius 1 is 1.21 bits per heavy atom. The van der Waals surface area contributed by atoms with E-state index in [9.17, 15) is 14.7 Å². The van der Waals surface area contributed by atoms with E-state index in [-0.39, 0.29) is 16.5 Å². The van der Waals surface area contributed by atoms with Crippen LogP contribution < -0.4 is 20.2 Å². The molecule has 0 unspecified atom stereocenters. The Hall–Kier alpha value is -3.26. The van der Waals surface area contributed by atoms with Crippen molar-refractivity contribution in [2.75, 3.05) is 19.0 Å². The fourth-order valence-corrected chi connectivity index (χ4v) is 2.46. The number of ether oxygens (including phenoxy) is 2. The van der Waals surface area contributed by atoms with Crippen molar-refractivity contribution in [1.82, 2.24) is 5.43 Å². The highest BCUT2D eigenvalue weighted by Gasteiger charge is 2.12. The van der Waals surface area contributed by atoms with E-state index in [2.05, 4.69) is 15.8 Å². The largest absolute Gasteiger partial charge is 0.503 e. The number of rotatable bonds is 8. The second kappa shape index (κ2) is 10.2. The average Bonchev–Trinajstić information content (AvgIpc) is 2.66. The van der Waals surface area contributed by atoms with Crippen molar-refractivity contribution in [2.24, 2.45) is 5.10 Å². The summed E-state index contributed by atoms with van der Waals surface area (Å²) in [7, 11) is 1.49. The van der Waals surface area contributed by atoms with E-state index < -0.39 is 18.2 Å². The standard InChI is InChI=1S/C19H20ClN3O5/c1-3-28-16-9-12(8-13(20)19(16)26)11-21-23-18(25)10-17(24)22-14-6-4-5-7-15(14)27-2/h4-9,11,26H,3,10H2,1-2H3,(H,22,24)(H,23,25)/b21-11+. The van der Waals surface area contributed by atoms with E-state index in [0.29, 0.717) is 23.6 Å². The van der Waals surface area contributed by atoms with Gasteiger partial charge in [-0.05, 0) is 36.8 Å². The number of hydrazone groups is 1. The first-order valence-electron chi connectivity index (χ1n) is 8.34. The number of phenols is 1. The lowest BCUT2D eigenvalue weighted by Gasteiger charge is -2.09. The topological polar surface area (TPSA) is 109 Å². The molecule has 0 aromatic heterocycles. The summed E-state index contributed by atoms with van der Waals surface area (Å²) in [6.45, 7) is 2.12. The number of carbonyl (C=O) groups is 2. The van der Waals surface area contributed by atoms with Crippen molar-refractivity contribution in [1.29, 1.82) is 0 Å². The maximum atomic E-state index is 12.0. The van der Waals surface area contributed by atoms with Crippen LogP contribution in [0.2, 0.25) is 5.02 Å². The second-order valence-corrected chi connectivity index (χ2v) is 5.91. The number of carbonyl (C=O) groups excluding carboxylic acids is 2. The lowest BCUT2D eigenvalue weighted by molar-refractivity contribution is -0.126. The first-order chi connectivity index (χ1) is 13.4. The zero-order chi connectivity index (χ0) is 20.5. The highest BCUT2D eigenvalue weighted by Crippen LogP contribution is 2.34. The Morgan fingerprint density at radius 3 is 2.68 bits per heavy atom. The van der Waals surface area contributed by atoms with Crippen molar-refractivity contribution >= 4 is 35.3 Å². The maximum Gasteiger partial charge on any atom is 0.249 e. The molecule has 0 fully saturated rings. The molecule has 2 amide bonds. The Balaban J connectivity index is 1.92. The fourth-order valence-electron chi connectivity index (χ4n) is 2.24. The number of aromatic hydroxyl groups is 1. The minimum Gasteiger partial charge on any atom is -0.503 e. The second-order valence-electron chi connectivity index (χ2n) is 5.50. The summed E-state index contributed by atoms with van der Waals surface area (Å²) < 4.78 is 10.4. The molecule has 3 N–H and O–H groups in total. The van der Waals surface area contributed by atoms with E-state index in [0.717, 1.165) is 0 Å². The smallest absolute Gasteiger partial charge is 0.249 e. The quantitative estimate of drug-likeness (QED) is 0.355. The van der Waals surface area contributed by atoms with Gasteiger partial charge in [0.05, 0.1) is 30.6 Å². The number of hydrogen-bond donors (Lipinski definition) is 3. The number of nitrogens with one attached hydrogen (secondary N) is 2. The zero-order valence-electron chi connectivity index (χ0n) is 15.4. The van der Waals surface area contributed by atoms with Gasteiger partial charge in [0.2, 0.25) is 11.8 Å². The Bertz CT molecular complexity index is 886. The first-order valence-corrected chi connectivity index (χ1v) is 8.72. The van der Waals surface area contributed by atoms with E-state index in [1.54, 1.807) is 31.2 Å². The zero-order valence-corrected chi connectivity index (χ0v) is 16.1. The van der Waals surface area contributed by atoms with Crippen molar-refractivity contribution in [3.8, 4) is 17.2 Å². The average molecular weight is 406 g/mol. The summed E-state index contributed by atoms with van der Waals surface area (Å²) in [6.07, 6.45) is 0.903. The third kappa shape index (κ3) is 5.88. The highest BCUT2D eigenvalue weighted by molar-refractivity contribution is 6.32. The van der Waals surface area contributed by atoms with Crippen LogP contribution in [0, 0.1) is 0 Å². The molecule has 8 nitrogen and oxygen atoms in total. The van der Waals surface area contributed by atoms with Crippen LogP contribution in [0.25, 0.3) is 0 Å². The highest BCUT2D eigenvalue weighted by atomic mass is 35.5.